The number of ether oxygens (including phenoxy) is 1. The number of carbonyl (C=O) groups is 2. The molecule has 196 valence electrons. The third-order valence-electron chi connectivity index (χ3n) is 6.11. The largest absolute Gasteiger partial charge is 0.483 e. The number of benzene rings is 3. The van der Waals surface area contributed by atoms with E-state index >= 15 is 0 Å². The third-order valence-corrected chi connectivity index (χ3v) is 6.37. The molecule has 3 aromatic rings. The average molecular weight is 521 g/mol. The van der Waals surface area contributed by atoms with E-state index in [9.17, 15) is 9.59 Å². The summed E-state index contributed by atoms with van der Waals surface area (Å²) in [6, 6.07) is 24.2. The highest BCUT2D eigenvalue weighted by Gasteiger charge is 2.31. The van der Waals surface area contributed by atoms with Crippen LogP contribution in [0, 0.1) is 5.92 Å². The van der Waals surface area contributed by atoms with E-state index in [-0.39, 0.29) is 36.8 Å². The molecule has 5 nitrogen and oxygen atoms in total. The number of carbonyl (C=O) groups excluding carboxylic acids is 2. The van der Waals surface area contributed by atoms with E-state index in [1.807, 2.05) is 80.6 Å². The minimum atomic E-state index is -0.701. The summed E-state index contributed by atoms with van der Waals surface area (Å²) < 4.78 is 6.03. The van der Waals surface area contributed by atoms with Crippen molar-refractivity contribution < 1.29 is 14.3 Å². The third kappa shape index (κ3) is 8.64. The lowest BCUT2D eigenvalue weighted by atomic mass is 10.0. The van der Waals surface area contributed by atoms with Crippen molar-refractivity contribution in [3.63, 3.8) is 0 Å². The maximum Gasteiger partial charge on any atom is 0.261 e. The van der Waals surface area contributed by atoms with Gasteiger partial charge in [-0.2, -0.15) is 0 Å². The highest BCUT2D eigenvalue weighted by atomic mass is 35.5. The molecule has 1 N–H and O–H groups in total. The van der Waals surface area contributed by atoms with Crippen LogP contribution < -0.4 is 10.1 Å². The van der Waals surface area contributed by atoms with Gasteiger partial charge in [0.1, 0.15) is 11.8 Å². The molecule has 1 atom stereocenters. The Labute approximate surface area is 225 Å². The van der Waals surface area contributed by atoms with Crippen LogP contribution >= 0.6 is 11.6 Å². The molecule has 0 aliphatic rings. The predicted molar refractivity (Wildman–Crippen MR) is 150 cm³/mol. The first kappa shape index (κ1) is 28.3. The smallest absolute Gasteiger partial charge is 0.261 e. The molecular weight excluding hydrogens is 484 g/mol. The second kappa shape index (κ2) is 13.8. The van der Waals surface area contributed by atoms with Crippen molar-refractivity contribution in [3.8, 4) is 5.75 Å². The van der Waals surface area contributed by atoms with Crippen molar-refractivity contribution in [1.82, 2.24) is 10.2 Å². The van der Waals surface area contributed by atoms with Crippen LogP contribution in [0.15, 0.2) is 78.9 Å². The van der Waals surface area contributed by atoms with Gasteiger partial charge in [-0.1, -0.05) is 100.0 Å². The number of hydrogen-bond acceptors (Lipinski definition) is 3. The highest BCUT2D eigenvalue weighted by molar-refractivity contribution is 6.30. The summed E-state index contributed by atoms with van der Waals surface area (Å²) in [6.07, 6.45) is 0.396. The number of para-hydroxylation sites is 1. The minimum absolute atomic E-state index is 0.167. The zero-order chi connectivity index (χ0) is 26.8. The molecule has 0 aliphatic heterocycles. The van der Waals surface area contributed by atoms with Crippen LogP contribution in [0.2, 0.25) is 5.02 Å². The summed E-state index contributed by atoms with van der Waals surface area (Å²) in [7, 11) is 0. The van der Waals surface area contributed by atoms with Crippen molar-refractivity contribution in [2.24, 2.45) is 5.92 Å². The molecule has 0 saturated heterocycles. The minimum Gasteiger partial charge on any atom is -0.483 e. The van der Waals surface area contributed by atoms with Gasteiger partial charge in [-0.25, -0.2) is 0 Å². The van der Waals surface area contributed by atoms with E-state index < -0.39 is 6.04 Å². The molecule has 0 aliphatic carbocycles. The number of halogens is 1. The maximum atomic E-state index is 13.7. The number of hydrogen-bond donors (Lipinski definition) is 1. The Balaban J connectivity index is 1.91. The van der Waals surface area contributed by atoms with Crippen LogP contribution in [-0.2, 0) is 22.6 Å². The highest BCUT2D eigenvalue weighted by Crippen LogP contribution is 2.26. The topological polar surface area (TPSA) is 58.6 Å². The van der Waals surface area contributed by atoms with E-state index in [2.05, 4.69) is 19.2 Å². The summed E-state index contributed by atoms with van der Waals surface area (Å²) in [4.78, 5) is 28.9. The molecule has 0 saturated carbocycles. The SMILES string of the molecule is CC(C)CNC(=O)[C@@H](Cc1ccccc1)N(Cc1ccc(Cl)cc1)C(=O)COc1ccccc1C(C)C. The van der Waals surface area contributed by atoms with Gasteiger partial charge in [0.15, 0.2) is 6.61 Å². The lowest BCUT2D eigenvalue weighted by Gasteiger charge is -2.32. The second-order valence-corrected chi connectivity index (χ2v) is 10.4. The lowest BCUT2D eigenvalue weighted by Crippen LogP contribution is -2.52. The molecule has 0 heterocycles. The lowest BCUT2D eigenvalue weighted by molar-refractivity contribution is -0.142. The number of rotatable bonds is 12. The average Bonchev–Trinajstić information content (AvgIpc) is 2.89. The summed E-state index contributed by atoms with van der Waals surface area (Å²) in [5.41, 5.74) is 2.90. The fourth-order valence-corrected chi connectivity index (χ4v) is 4.20. The van der Waals surface area contributed by atoms with Crippen molar-refractivity contribution in [1.29, 1.82) is 0 Å². The quantitative estimate of drug-likeness (QED) is 0.307. The van der Waals surface area contributed by atoms with Crippen LogP contribution in [0.5, 0.6) is 5.75 Å². The van der Waals surface area contributed by atoms with Crippen molar-refractivity contribution >= 4 is 23.4 Å². The van der Waals surface area contributed by atoms with E-state index in [0.717, 1.165) is 16.7 Å². The van der Waals surface area contributed by atoms with Crippen LogP contribution in [0.3, 0.4) is 0 Å². The van der Waals surface area contributed by atoms with Gasteiger partial charge in [0.2, 0.25) is 5.91 Å². The molecule has 2 amide bonds. The molecule has 0 fully saturated rings. The van der Waals surface area contributed by atoms with E-state index in [1.54, 1.807) is 17.0 Å². The molecule has 3 rings (SSSR count). The maximum absolute atomic E-state index is 13.7. The van der Waals surface area contributed by atoms with E-state index in [0.29, 0.717) is 23.7 Å². The normalized spacial score (nSPS) is 11.9. The number of amides is 2. The van der Waals surface area contributed by atoms with Gasteiger partial charge in [0.05, 0.1) is 0 Å². The van der Waals surface area contributed by atoms with Crippen LogP contribution in [0.4, 0.5) is 0 Å². The predicted octanol–water partition coefficient (Wildman–Crippen LogP) is 6.25. The molecule has 3 aromatic carbocycles. The molecule has 0 aromatic heterocycles. The van der Waals surface area contributed by atoms with Gasteiger partial charge < -0.3 is 15.0 Å². The summed E-state index contributed by atoms with van der Waals surface area (Å²) in [6.45, 7) is 8.90. The zero-order valence-electron chi connectivity index (χ0n) is 22.1. The van der Waals surface area contributed by atoms with Crippen LogP contribution in [-0.4, -0.2) is 35.9 Å². The fraction of sp³-hybridized carbons (Fsp3) is 0.355. The van der Waals surface area contributed by atoms with Crippen molar-refractivity contribution in [2.75, 3.05) is 13.2 Å². The van der Waals surface area contributed by atoms with Crippen molar-refractivity contribution in [3.05, 3.63) is 101 Å². The molecule has 0 spiro atoms. The molecule has 0 bridgehead atoms. The Morgan fingerprint density at radius 3 is 2.16 bits per heavy atom. The summed E-state index contributed by atoms with van der Waals surface area (Å²) >= 11 is 6.10. The van der Waals surface area contributed by atoms with Gasteiger partial charge in [0.25, 0.3) is 5.91 Å². The molecule has 0 unspecified atom stereocenters. The number of nitrogens with one attached hydrogen (secondary N) is 1. The number of nitrogens with zero attached hydrogens (tertiary/aromatic N) is 1. The van der Waals surface area contributed by atoms with Gasteiger partial charge in [-0.3, -0.25) is 9.59 Å². The van der Waals surface area contributed by atoms with Crippen LogP contribution in [0.1, 0.15) is 50.3 Å². The molecular formula is C31H37ClN2O3. The molecule has 37 heavy (non-hydrogen) atoms. The van der Waals surface area contributed by atoms with Crippen molar-refractivity contribution in [2.45, 2.75) is 52.6 Å². The first-order valence-electron chi connectivity index (χ1n) is 12.8. The Morgan fingerprint density at radius 2 is 1.51 bits per heavy atom. The van der Waals surface area contributed by atoms with E-state index in [4.69, 9.17) is 16.3 Å². The zero-order valence-corrected chi connectivity index (χ0v) is 22.9. The van der Waals surface area contributed by atoms with Gasteiger partial charge in [0, 0.05) is 24.5 Å². The monoisotopic (exact) mass is 520 g/mol. The Morgan fingerprint density at radius 1 is 0.865 bits per heavy atom. The van der Waals surface area contributed by atoms with Gasteiger partial charge in [-0.15, -0.1) is 0 Å². The fourth-order valence-electron chi connectivity index (χ4n) is 4.07. The molecule has 6 heteroatoms. The van der Waals surface area contributed by atoms with Crippen LogP contribution in [0.25, 0.3) is 0 Å². The summed E-state index contributed by atoms with van der Waals surface area (Å²) in [5, 5.41) is 3.65. The standard InChI is InChI=1S/C31H37ClN2O3/c1-22(2)19-33-31(36)28(18-24-10-6-5-7-11-24)34(20-25-14-16-26(32)17-15-25)30(35)21-37-29-13-9-8-12-27(29)23(3)4/h5-17,22-23,28H,18-21H2,1-4H3,(H,33,36)/t28-/m1/s1. The first-order valence-corrected chi connectivity index (χ1v) is 13.2. The Kier molecular flexibility index (Phi) is 10.6. The second-order valence-electron chi connectivity index (χ2n) is 9.97. The Hall–Kier alpha value is -3.31. The summed E-state index contributed by atoms with van der Waals surface area (Å²) in [5.74, 6) is 0.791. The van der Waals surface area contributed by atoms with Gasteiger partial charge >= 0.3 is 0 Å². The van der Waals surface area contributed by atoms with E-state index in [1.165, 1.54) is 0 Å². The molecule has 0 radical (unpaired) electrons. The first-order chi connectivity index (χ1) is 17.7. The Bertz CT molecular complexity index is 1150. The van der Waals surface area contributed by atoms with Gasteiger partial charge in [-0.05, 0) is 46.7 Å².